The maximum absolute atomic E-state index is 10.0. The quantitative estimate of drug-likeness (QED) is 0.106. The molecule has 0 bridgehead atoms. The molecule has 0 aromatic heterocycles. The third-order valence-corrected chi connectivity index (χ3v) is 3.62. The Morgan fingerprint density at radius 1 is 0.667 bits per heavy atom. The van der Waals surface area contributed by atoms with Gasteiger partial charge in [0.05, 0.1) is 31.7 Å². The Labute approximate surface area is 186 Å². The molecule has 0 rings (SSSR count). The van der Waals surface area contributed by atoms with Crippen molar-refractivity contribution < 1.29 is 75.3 Å². The summed E-state index contributed by atoms with van der Waals surface area (Å²) in [4.78, 5) is 39.5. The van der Waals surface area contributed by atoms with Gasteiger partial charge in [-0.15, -0.1) is 0 Å². The van der Waals surface area contributed by atoms with Crippen molar-refractivity contribution in [3.63, 3.8) is 0 Å². The van der Waals surface area contributed by atoms with Crippen molar-refractivity contribution in [2.75, 3.05) is 13.2 Å². The summed E-state index contributed by atoms with van der Waals surface area (Å²) in [5.41, 5.74) is 10.1. The Morgan fingerprint density at radius 2 is 0.970 bits per heavy atom. The van der Waals surface area contributed by atoms with Crippen LogP contribution in [0.4, 0.5) is 0 Å². The normalized spacial score (nSPS) is 18.8. The lowest BCUT2D eigenvalue weighted by molar-refractivity contribution is -0.152. The lowest BCUT2D eigenvalue weighted by atomic mass is 10.0. The number of carbonyl (C=O) groups excluding carboxylic acids is 2. The first-order valence-electron chi connectivity index (χ1n) is 8.97. The minimum absolute atomic E-state index is 0.248. The van der Waals surface area contributed by atoms with Crippen LogP contribution in [0.2, 0.25) is 0 Å². The Kier molecular flexibility index (Phi) is 20.7. The fourth-order valence-electron chi connectivity index (χ4n) is 1.54. The van der Waals surface area contributed by atoms with E-state index >= 15 is 0 Å². The Hall–Kier alpha value is -2.16. The van der Waals surface area contributed by atoms with Crippen molar-refractivity contribution in [3.05, 3.63) is 0 Å². The van der Waals surface area contributed by atoms with Gasteiger partial charge in [-0.05, 0) is 0 Å². The Morgan fingerprint density at radius 3 is 1.12 bits per heavy atom. The molecule has 17 heteroatoms. The first-order chi connectivity index (χ1) is 15.1. The highest BCUT2D eigenvalue weighted by atomic mass is 16.4. The zero-order chi connectivity index (χ0) is 26.9. The number of aliphatic carboxylic acids is 2. The van der Waals surface area contributed by atoms with Gasteiger partial charge in [-0.3, -0.25) is 4.79 Å². The van der Waals surface area contributed by atoms with Crippen LogP contribution in [-0.2, 0) is 19.2 Å². The summed E-state index contributed by atoms with van der Waals surface area (Å²) in [7, 11) is 0. The highest BCUT2D eigenvalue weighted by molar-refractivity contribution is 5.79. The average molecular weight is 492 g/mol. The zero-order valence-electron chi connectivity index (χ0n) is 17.2. The molecule has 33 heavy (non-hydrogen) atoms. The molecule has 0 aliphatic rings. The molecule has 0 saturated carbocycles. The van der Waals surface area contributed by atoms with Crippen LogP contribution in [0.1, 0.15) is 6.42 Å². The second kappa shape index (κ2) is 19.3. The third-order valence-electron chi connectivity index (χ3n) is 3.62. The molecular formula is C16H32N2O15. The fraction of sp³-hybridized carbons (Fsp3) is 0.750. The number of aldehydes is 2. The smallest absolute Gasteiger partial charge is 0.333 e. The maximum atomic E-state index is 10.0. The van der Waals surface area contributed by atoms with Crippen LogP contribution < -0.4 is 11.5 Å². The van der Waals surface area contributed by atoms with Crippen LogP contribution >= 0.6 is 0 Å². The van der Waals surface area contributed by atoms with E-state index in [2.05, 4.69) is 0 Å². The first kappa shape index (κ1) is 35.4. The second-order valence-corrected chi connectivity index (χ2v) is 6.34. The van der Waals surface area contributed by atoms with Gasteiger partial charge < -0.3 is 77.2 Å². The molecule has 15 N–H and O–H groups in total. The second-order valence-electron chi connectivity index (χ2n) is 6.34. The van der Waals surface area contributed by atoms with E-state index in [-0.39, 0.29) is 12.6 Å². The molecule has 196 valence electrons. The van der Waals surface area contributed by atoms with Crippen molar-refractivity contribution >= 4 is 24.5 Å². The maximum Gasteiger partial charge on any atom is 0.333 e. The lowest BCUT2D eigenvalue weighted by Gasteiger charge is -2.23. The summed E-state index contributed by atoms with van der Waals surface area (Å²) in [6, 6.07) is -2.53. The molecule has 0 radical (unpaired) electrons. The van der Waals surface area contributed by atoms with Gasteiger partial charge in [0.15, 0.2) is 6.10 Å². The van der Waals surface area contributed by atoms with E-state index < -0.39 is 86.4 Å². The topological polar surface area (TPSA) is 343 Å². The van der Waals surface area contributed by atoms with Crippen LogP contribution in [0.5, 0.6) is 0 Å². The van der Waals surface area contributed by atoms with Crippen molar-refractivity contribution in [1.29, 1.82) is 0 Å². The van der Waals surface area contributed by atoms with E-state index in [9.17, 15) is 19.2 Å². The van der Waals surface area contributed by atoms with E-state index in [1.807, 2.05) is 0 Å². The zero-order valence-corrected chi connectivity index (χ0v) is 17.2. The summed E-state index contributed by atoms with van der Waals surface area (Å²) in [6.07, 6.45) is -11.4. The van der Waals surface area contributed by atoms with Gasteiger partial charge in [0.2, 0.25) is 0 Å². The first-order valence-corrected chi connectivity index (χ1v) is 8.97. The minimum Gasteiger partial charge on any atom is -0.481 e. The summed E-state index contributed by atoms with van der Waals surface area (Å²) in [5, 5.41) is 94.5. The van der Waals surface area contributed by atoms with Crippen LogP contribution in [-0.4, -0.2) is 149 Å². The van der Waals surface area contributed by atoms with Gasteiger partial charge in [-0.25, -0.2) is 4.79 Å². The fourth-order valence-corrected chi connectivity index (χ4v) is 1.54. The monoisotopic (exact) mass is 492 g/mol. The lowest BCUT2D eigenvalue weighted by Crippen LogP contribution is -2.49. The molecule has 0 aliphatic heterocycles. The summed E-state index contributed by atoms with van der Waals surface area (Å²) < 4.78 is 0. The van der Waals surface area contributed by atoms with Gasteiger partial charge in [0.1, 0.15) is 49.2 Å². The molecule has 0 aromatic rings. The number of nitrogens with two attached hydrogens (primary N) is 2. The average Bonchev–Trinajstić information content (AvgIpc) is 2.79. The molecule has 0 fully saturated rings. The third kappa shape index (κ3) is 16.2. The van der Waals surface area contributed by atoms with Crippen molar-refractivity contribution in [1.82, 2.24) is 0 Å². The van der Waals surface area contributed by atoms with Gasteiger partial charge in [0.25, 0.3) is 0 Å². The van der Waals surface area contributed by atoms with Crippen molar-refractivity contribution in [3.8, 4) is 0 Å². The van der Waals surface area contributed by atoms with E-state index in [0.717, 1.165) is 0 Å². The summed E-state index contributed by atoms with van der Waals surface area (Å²) in [5.74, 6) is -2.85. The van der Waals surface area contributed by atoms with E-state index in [1.54, 1.807) is 0 Å². The van der Waals surface area contributed by atoms with Gasteiger partial charge in [-0.1, -0.05) is 0 Å². The highest BCUT2D eigenvalue weighted by Gasteiger charge is 2.29. The molecule has 9 atom stereocenters. The van der Waals surface area contributed by atoms with Gasteiger partial charge in [0, 0.05) is 0 Å². The number of aliphatic hydroxyl groups excluding tert-OH is 9. The number of carboxylic acid groups (broad SMARTS) is 2. The number of rotatable bonds is 13. The largest absolute Gasteiger partial charge is 0.481 e. The van der Waals surface area contributed by atoms with E-state index in [0.29, 0.717) is 0 Å². The van der Waals surface area contributed by atoms with Crippen molar-refractivity contribution in [2.24, 2.45) is 11.5 Å². The van der Waals surface area contributed by atoms with Crippen LogP contribution in [0.3, 0.4) is 0 Å². The number of carboxylic acids is 2. The van der Waals surface area contributed by atoms with Crippen LogP contribution in [0, 0.1) is 0 Å². The van der Waals surface area contributed by atoms with Gasteiger partial charge >= 0.3 is 11.9 Å². The SMILES string of the molecule is N[C@@H](C=O)[C@@H](O)[C@H](O)[C@H](O)CO.N[C@@H](C=O)[C@@H](O)[C@H](O)[C@H](O)CO.O=C(O)CC(O)C(=O)O. The molecule has 0 heterocycles. The predicted octanol–water partition coefficient (Wildman–Crippen LogP) is -7.92. The van der Waals surface area contributed by atoms with Crippen LogP contribution in [0.15, 0.2) is 0 Å². The molecular weight excluding hydrogens is 460 g/mol. The number of carbonyl (C=O) groups is 4. The van der Waals surface area contributed by atoms with E-state index in [1.165, 1.54) is 0 Å². The highest BCUT2D eigenvalue weighted by Crippen LogP contribution is 2.02. The Balaban J connectivity index is -0.000000414. The number of hydrogen-bond donors (Lipinski definition) is 13. The number of aliphatic hydroxyl groups is 9. The Bertz CT molecular complexity index is 534. The summed E-state index contributed by atoms with van der Waals surface area (Å²) >= 11 is 0. The summed E-state index contributed by atoms with van der Waals surface area (Å²) in [6.45, 7) is -1.41. The molecule has 0 aromatic carbocycles. The van der Waals surface area contributed by atoms with Gasteiger partial charge in [-0.2, -0.15) is 0 Å². The minimum atomic E-state index is -1.79. The molecule has 0 spiro atoms. The predicted molar refractivity (Wildman–Crippen MR) is 104 cm³/mol. The van der Waals surface area contributed by atoms with E-state index in [4.69, 9.17) is 67.6 Å². The van der Waals surface area contributed by atoms with Crippen molar-refractivity contribution in [2.45, 2.75) is 61.2 Å². The molecule has 17 nitrogen and oxygen atoms in total. The standard InChI is InChI=1S/2C6H13NO5.C4H6O5/c2*7-3(1-8)5(11)6(12)4(10)2-9;5-2(4(8)9)1-3(6)7/h2*1,3-6,9-12H,2,7H2;2,5H,1H2,(H,6,7)(H,8,9)/t2*3-,4+,5+,6+;/m00./s1. The molecule has 0 aliphatic carbocycles. The molecule has 1 unspecified atom stereocenters. The number of hydrogen-bond acceptors (Lipinski definition) is 15. The molecule has 0 saturated heterocycles. The molecule has 0 amide bonds. The van der Waals surface area contributed by atoms with Crippen LogP contribution in [0.25, 0.3) is 0 Å².